The van der Waals surface area contributed by atoms with Crippen molar-refractivity contribution in [3.8, 4) is 0 Å². The van der Waals surface area contributed by atoms with Crippen molar-refractivity contribution in [2.45, 2.75) is 161 Å². The number of nitrogens with one attached hydrogen (secondary N) is 8. The van der Waals surface area contributed by atoms with Gasteiger partial charge in [-0.05, 0) is 96.6 Å². The zero-order valence-electron chi connectivity index (χ0n) is 37.5. The Morgan fingerprint density at radius 3 is 1.23 bits per heavy atom. The van der Waals surface area contributed by atoms with Crippen LogP contribution in [0.3, 0.4) is 0 Å². The molecule has 354 valence electrons. The normalized spacial score (nSPS) is 14.4. The Morgan fingerprint density at radius 2 is 0.839 bits per heavy atom. The van der Waals surface area contributed by atoms with Crippen LogP contribution in [0.5, 0.6) is 0 Å². The first-order chi connectivity index (χ1) is 29.0. The van der Waals surface area contributed by atoms with Gasteiger partial charge in [0, 0.05) is 26.3 Å². The summed E-state index contributed by atoms with van der Waals surface area (Å²) >= 11 is 0. The molecule has 0 spiro atoms. The highest BCUT2D eigenvalue weighted by atomic mass is 16.2. The maximum absolute atomic E-state index is 14.0. The molecule has 0 aromatic heterocycles. The lowest BCUT2D eigenvalue weighted by molar-refractivity contribution is -0.136. The van der Waals surface area contributed by atoms with Crippen molar-refractivity contribution >= 4 is 59.1 Å². The first-order valence-electron chi connectivity index (χ1n) is 21.4. The minimum Gasteiger partial charge on any atom is -0.370 e. The number of hydrogen-bond donors (Lipinski definition) is 12. The van der Waals surface area contributed by atoms with Crippen LogP contribution >= 0.6 is 0 Å². The van der Waals surface area contributed by atoms with Crippen LogP contribution in [0.4, 0.5) is 0 Å². The van der Waals surface area contributed by atoms with Crippen molar-refractivity contribution in [1.29, 1.82) is 0 Å². The summed E-state index contributed by atoms with van der Waals surface area (Å²) in [5.41, 5.74) is 22.1. The van der Waals surface area contributed by atoms with Gasteiger partial charge in [-0.15, -0.1) is 0 Å². The number of carbonyl (C=O) groups is 10. The molecule has 0 saturated heterocycles. The smallest absolute Gasteiger partial charge is 0.243 e. The zero-order valence-corrected chi connectivity index (χ0v) is 37.5. The molecular formula is C40H74N12O10. The summed E-state index contributed by atoms with van der Waals surface area (Å²) in [7, 11) is 0. The Balaban J connectivity index is 6.42. The van der Waals surface area contributed by atoms with Crippen LogP contribution < -0.4 is 65.5 Å². The van der Waals surface area contributed by atoms with Crippen molar-refractivity contribution in [1.82, 2.24) is 42.5 Å². The molecule has 0 aromatic rings. The Kier molecular flexibility index (Phi) is 28.0. The molecule has 0 aliphatic rings. The summed E-state index contributed by atoms with van der Waals surface area (Å²) < 4.78 is 0. The highest BCUT2D eigenvalue weighted by Gasteiger charge is 2.34. The Hall–Kier alpha value is -5.38. The number of hydrogen-bond acceptors (Lipinski definition) is 12. The Bertz CT molecular complexity index is 1510. The third-order valence-electron chi connectivity index (χ3n) is 9.43. The third-order valence-corrected chi connectivity index (χ3v) is 9.43. The minimum atomic E-state index is -1.43. The molecular weight excluding hydrogens is 809 g/mol. The lowest BCUT2D eigenvalue weighted by Gasteiger charge is -2.28. The number of carbonyl (C=O) groups excluding carboxylic acids is 10. The molecule has 7 atom stereocenters. The van der Waals surface area contributed by atoms with E-state index < -0.39 is 95.5 Å². The van der Waals surface area contributed by atoms with Crippen LogP contribution in [0.15, 0.2) is 0 Å². The van der Waals surface area contributed by atoms with Crippen LogP contribution in [0.1, 0.15) is 119 Å². The van der Waals surface area contributed by atoms with E-state index in [2.05, 4.69) is 42.5 Å². The lowest BCUT2D eigenvalue weighted by atomic mass is 10.0. The molecule has 16 N–H and O–H groups in total. The summed E-state index contributed by atoms with van der Waals surface area (Å²) in [5, 5.41) is 20.7. The van der Waals surface area contributed by atoms with Gasteiger partial charge in [-0.25, -0.2) is 0 Å². The molecule has 0 radical (unpaired) electrons. The van der Waals surface area contributed by atoms with Gasteiger partial charge >= 0.3 is 0 Å². The number of unbranched alkanes of at least 4 members (excludes halogenated alkanes) is 2. The first kappa shape index (κ1) is 56.6. The number of rotatable bonds is 32. The van der Waals surface area contributed by atoms with E-state index in [0.29, 0.717) is 32.2 Å². The van der Waals surface area contributed by atoms with Gasteiger partial charge in [0.1, 0.15) is 42.3 Å². The SMILES string of the molecule is CC(=O)NCCC(=O)N[C@@H](C)C(=O)N[C@@H](CC(C)C)C(=O)N[C@@H](CCCCN)C(=O)N[C@@H](CCC(N)=O)C(=O)N[C@@H](CCCCN)C(=O)N[C@@H](CC(C)C)C(=O)N[C@@H](C)C(N)=O. The quantitative estimate of drug-likeness (QED) is 0.0302. The van der Waals surface area contributed by atoms with Gasteiger partial charge in [0.25, 0.3) is 0 Å². The predicted molar refractivity (Wildman–Crippen MR) is 231 cm³/mol. The minimum absolute atomic E-state index is 0.0659. The summed E-state index contributed by atoms with van der Waals surface area (Å²) in [5.74, 6) is -7.01. The molecule has 0 saturated carbocycles. The second-order valence-electron chi connectivity index (χ2n) is 16.3. The van der Waals surface area contributed by atoms with E-state index in [0.717, 1.165) is 0 Å². The van der Waals surface area contributed by atoms with E-state index in [1.54, 1.807) is 0 Å². The van der Waals surface area contributed by atoms with Gasteiger partial charge in [-0.2, -0.15) is 0 Å². The summed E-state index contributed by atoms with van der Waals surface area (Å²) in [4.78, 5) is 129. The highest BCUT2D eigenvalue weighted by Crippen LogP contribution is 2.11. The zero-order chi connectivity index (χ0) is 47.5. The topological polar surface area (TPSA) is 371 Å². The summed E-state index contributed by atoms with van der Waals surface area (Å²) in [6.07, 6.45) is 1.52. The van der Waals surface area contributed by atoms with Crippen molar-refractivity contribution in [3.05, 3.63) is 0 Å². The molecule has 10 amide bonds. The average molecular weight is 883 g/mol. The van der Waals surface area contributed by atoms with E-state index in [4.69, 9.17) is 22.9 Å². The maximum Gasteiger partial charge on any atom is 0.243 e. The molecule has 0 heterocycles. The second-order valence-corrected chi connectivity index (χ2v) is 16.3. The van der Waals surface area contributed by atoms with Crippen LogP contribution in [-0.2, 0) is 47.9 Å². The van der Waals surface area contributed by atoms with E-state index in [1.165, 1.54) is 20.8 Å². The van der Waals surface area contributed by atoms with Crippen LogP contribution in [0.25, 0.3) is 0 Å². The van der Waals surface area contributed by atoms with Gasteiger partial charge in [-0.3, -0.25) is 47.9 Å². The Morgan fingerprint density at radius 1 is 0.452 bits per heavy atom. The van der Waals surface area contributed by atoms with Crippen molar-refractivity contribution in [2.24, 2.45) is 34.8 Å². The van der Waals surface area contributed by atoms with Crippen molar-refractivity contribution in [2.75, 3.05) is 19.6 Å². The molecule has 0 fully saturated rings. The molecule has 62 heavy (non-hydrogen) atoms. The second kappa shape index (κ2) is 30.6. The van der Waals surface area contributed by atoms with Crippen LogP contribution in [-0.4, -0.2) is 121 Å². The fourth-order valence-corrected chi connectivity index (χ4v) is 5.99. The van der Waals surface area contributed by atoms with Gasteiger partial charge in [0.15, 0.2) is 0 Å². The third kappa shape index (κ3) is 24.8. The summed E-state index contributed by atoms with van der Waals surface area (Å²) in [6, 6.07) is -8.24. The fraction of sp³-hybridized carbons (Fsp3) is 0.750. The predicted octanol–water partition coefficient (Wildman–Crippen LogP) is -2.95. The maximum atomic E-state index is 14.0. The molecule has 0 rings (SSSR count). The summed E-state index contributed by atoms with van der Waals surface area (Å²) in [6.45, 7) is 12.1. The monoisotopic (exact) mass is 883 g/mol. The van der Waals surface area contributed by atoms with Gasteiger partial charge in [0.2, 0.25) is 59.1 Å². The van der Waals surface area contributed by atoms with Gasteiger partial charge in [-0.1, -0.05) is 27.7 Å². The number of amides is 10. The molecule has 22 heteroatoms. The van der Waals surface area contributed by atoms with E-state index >= 15 is 0 Å². The van der Waals surface area contributed by atoms with Crippen molar-refractivity contribution in [3.63, 3.8) is 0 Å². The number of nitrogens with two attached hydrogens (primary N) is 4. The largest absolute Gasteiger partial charge is 0.370 e. The molecule has 0 aromatic carbocycles. The number of primary amides is 2. The van der Waals surface area contributed by atoms with Crippen LogP contribution in [0, 0.1) is 11.8 Å². The van der Waals surface area contributed by atoms with E-state index in [-0.39, 0.29) is 75.8 Å². The van der Waals surface area contributed by atoms with E-state index in [1.807, 2.05) is 27.7 Å². The molecule has 0 bridgehead atoms. The fourth-order valence-electron chi connectivity index (χ4n) is 5.99. The lowest BCUT2D eigenvalue weighted by Crippen LogP contribution is -2.60. The van der Waals surface area contributed by atoms with Crippen LogP contribution in [0.2, 0.25) is 0 Å². The first-order valence-corrected chi connectivity index (χ1v) is 21.4. The Labute approximate surface area is 364 Å². The van der Waals surface area contributed by atoms with Gasteiger partial charge < -0.3 is 65.5 Å². The molecule has 0 aliphatic heterocycles. The van der Waals surface area contributed by atoms with Crippen molar-refractivity contribution < 1.29 is 47.9 Å². The molecule has 0 aliphatic carbocycles. The molecule has 22 nitrogen and oxygen atoms in total. The molecule has 0 unspecified atom stereocenters. The van der Waals surface area contributed by atoms with Gasteiger partial charge in [0.05, 0.1) is 0 Å². The van der Waals surface area contributed by atoms with E-state index in [9.17, 15) is 47.9 Å². The standard InChI is InChI=1S/C40H74N12O10/c1-22(2)20-30(39(61)47-24(5)34(44)56)52-37(59)28(13-9-11-18-42)48-38(60)29(14-15-32(43)54)50-36(58)27(12-8-10-17-41)49-40(62)31(21-23(3)4)51-35(57)25(6)46-33(55)16-19-45-26(7)53/h22-25,27-31H,8-21,41-42H2,1-7H3,(H2,43,54)(H2,44,56)(H,45,53)(H,46,55)(H,47,61)(H,48,60)(H,49,62)(H,50,58)(H,51,57)(H,52,59)/t24-,25-,27-,28-,29-,30-,31-/m0/s1. The average Bonchev–Trinajstić information content (AvgIpc) is 3.17. The highest BCUT2D eigenvalue weighted by molar-refractivity contribution is 5.97.